The van der Waals surface area contributed by atoms with Crippen molar-refractivity contribution < 1.29 is 0 Å². The predicted molar refractivity (Wildman–Crippen MR) is 36.6 cm³/mol. The van der Waals surface area contributed by atoms with Crippen LogP contribution in [0.1, 0.15) is 13.3 Å². The summed E-state index contributed by atoms with van der Waals surface area (Å²) in [5.74, 6) is 0.377. The molecule has 9 heavy (non-hydrogen) atoms. The molecule has 0 aromatic heterocycles. The molecule has 0 amide bonds. The smallest absolute Gasteiger partial charge is 0.116 e. The fourth-order valence-corrected chi connectivity index (χ4v) is 0.724. The zero-order chi connectivity index (χ0) is 6.91. The van der Waals surface area contributed by atoms with Gasteiger partial charge in [0, 0.05) is 12.6 Å². The van der Waals surface area contributed by atoms with Crippen molar-refractivity contribution in [2.24, 2.45) is 10.8 Å². The van der Waals surface area contributed by atoms with E-state index in [1.807, 2.05) is 6.92 Å². The van der Waals surface area contributed by atoms with E-state index in [1.165, 1.54) is 0 Å². The Kier molecular flexibility index (Phi) is 1.25. The van der Waals surface area contributed by atoms with E-state index in [0.717, 1.165) is 0 Å². The first-order valence-electron chi connectivity index (χ1n) is 2.77. The third-order valence-electron chi connectivity index (χ3n) is 1.12. The molecule has 0 bridgehead atoms. The van der Waals surface area contributed by atoms with Gasteiger partial charge >= 0.3 is 0 Å². The van der Waals surface area contributed by atoms with Crippen LogP contribution in [0.15, 0.2) is 5.10 Å². The Bertz CT molecular complexity index is 158. The molecule has 1 heterocycles. The minimum Gasteiger partial charge on any atom is -0.320 e. The highest BCUT2D eigenvalue weighted by Crippen LogP contribution is 2.04. The van der Waals surface area contributed by atoms with Crippen LogP contribution in [-0.2, 0) is 0 Å². The predicted octanol–water partition coefficient (Wildman–Crippen LogP) is -0.340. The quantitative estimate of drug-likeness (QED) is 0.415. The highest BCUT2D eigenvalue weighted by molar-refractivity contribution is 5.89. The standard InChI is InChI=1S/C5H10N4/c1-5(7)2-4(6)9-8-3-5/h3H,2,7H2,1H3,(H2,6,9). The number of nitrogens with two attached hydrogens (primary N) is 1. The van der Waals surface area contributed by atoms with Gasteiger partial charge in [0.15, 0.2) is 0 Å². The summed E-state index contributed by atoms with van der Waals surface area (Å²) in [6.45, 7) is 1.84. The van der Waals surface area contributed by atoms with E-state index < -0.39 is 5.54 Å². The molecule has 0 fully saturated rings. The van der Waals surface area contributed by atoms with Gasteiger partial charge in [-0.3, -0.25) is 10.8 Å². The minimum atomic E-state index is -0.428. The van der Waals surface area contributed by atoms with E-state index in [1.54, 1.807) is 6.21 Å². The molecule has 4 N–H and O–H groups in total. The van der Waals surface area contributed by atoms with E-state index in [0.29, 0.717) is 12.3 Å². The number of rotatable bonds is 0. The molecular weight excluding hydrogens is 116 g/mol. The maximum absolute atomic E-state index is 7.14. The molecule has 1 aliphatic rings. The zero-order valence-electron chi connectivity index (χ0n) is 5.31. The molecule has 50 valence electrons. The summed E-state index contributed by atoms with van der Waals surface area (Å²) in [5.41, 5.74) is 7.72. The lowest BCUT2D eigenvalue weighted by molar-refractivity contribution is 0.630. The third-order valence-corrected chi connectivity index (χ3v) is 1.12. The van der Waals surface area contributed by atoms with E-state index in [4.69, 9.17) is 11.1 Å². The zero-order valence-corrected chi connectivity index (χ0v) is 5.31. The molecule has 0 spiro atoms. The van der Waals surface area contributed by atoms with Gasteiger partial charge in [-0.2, -0.15) is 5.10 Å². The fourth-order valence-electron chi connectivity index (χ4n) is 0.724. The molecule has 0 aromatic carbocycles. The van der Waals surface area contributed by atoms with E-state index >= 15 is 0 Å². The molecule has 0 aliphatic carbocycles. The number of nitrogens with one attached hydrogen (secondary N) is 2. The van der Waals surface area contributed by atoms with Gasteiger partial charge in [-0.25, -0.2) is 0 Å². The summed E-state index contributed by atoms with van der Waals surface area (Å²) in [4.78, 5) is 0. The number of hydrogen-bond acceptors (Lipinski definition) is 3. The number of nitrogens with zero attached hydrogens (tertiary/aromatic N) is 1. The van der Waals surface area contributed by atoms with Crippen LogP contribution in [0.5, 0.6) is 0 Å². The van der Waals surface area contributed by atoms with Gasteiger partial charge in [0.05, 0.1) is 5.54 Å². The molecular formula is C5H10N4. The Morgan fingerprint density at radius 2 is 2.67 bits per heavy atom. The summed E-state index contributed by atoms with van der Waals surface area (Å²) in [6.07, 6.45) is 2.15. The number of amidine groups is 1. The van der Waals surface area contributed by atoms with Crippen LogP contribution in [0.25, 0.3) is 0 Å². The summed E-state index contributed by atoms with van der Waals surface area (Å²) >= 11 is 0. The summed E-state index contributed by atoms with van der Waals surface area (Å²) in [7, 11) is 0. The van der Waals surface area contributed by atoms with Gasteiger partial charge in [0.25, 0.3) is 0 Å². The summed E-state index contributed by atoms with van der Waals surface area (Å²) < 4.78 is 0. The third kappa shape index (κ3) is 1.50. The summed E-state index contributed by atoms with van der Waals surface area (Å²) in [6, 6.07) is 0. The Balaban J connectivity index is 2.71. The Labute approximate surface area is 53.6 Å². The lowest BCUT2D eigenvalue weighted by atomic mass is 10.00. The van der Waals surface area contributed by atoms with Gasteiger partial charge in [0.2, 0.25) is 0 Å². The second kappa shape index (κ2) is 1.80. The van der Waals surface area contributed by atoms with Gasteiger partial charge < -0.3 is 5.73 Å². The fraction of sp³-hybridized carbons (Fsp3) is 0.600. The van der Waals surface area contributed by atoms with Crippen LogP contribution in [0.2, 0.25) is 0 Å². The topological polar surface area (TPSA) is 74.3 Å². The van der Waals surface area contributed by atoms with Crippen molar-refractivity contribution in [3.63, 3.8) is 0 Å². The Morgan fingerprint density at radius 1 is 2.00 bits per heavy atom. The lowest BCUT2D eigenvalue weighted by Gasteiger charge is -2.22. The largest absolute Gasteiger partial charge is 0.320 e. The van der Waals surface area contributed by atoms with Crippen molar-refractivity contribution in [2.45, 2.75) is 18.9 Å². The minimum absolute atomic E-state index is 0.377. The van der Waals surface area contributed by atoms with Crippen molar-refractivity contribution in [1.82, 2.24) is 5.43 Å². The normalized spacial score (nSPS) is 34.2. The molecule has 1 atom stereocenters. The lowest BCUT2D eigenvalue weighted by Crippen LogP contribution is -2.46. The van der Waals surface area contributed by atoms with E-state index in [2.05, 4.69) is 10.5 Å². The molecule has 0 saturated heterocycles. The first kappa shape index (κ1) is 6.22. The molecule has 1 rings (SSSR count). The highest BCUT2D eigenvalue weighted by atomic mass is 15.3. The van der Waals surface area contributed by atoms with Crippen molar-refractivity contribution in [2.75, 3.05) is 0 Å². The van der Waals surface area contributed by atoms with Crippen molar-refractivity contribution in [3.8, 4) is 0 Å². The van der Waals surface area contributed by atoms with E-state index in [9.17, 15) is 0 Å². The molecule has 1 aliphatic heterocycles. The first-order chi connectivity index (χ1) is 4.10. The SMILES string of the molecule is CC1(N)C=NNC(=N)C1. The van der Waals surface area contributed by atoms with Crippen LogP contribution < -0.4 is 11.2 Å². The highest BCUT2D eigenvalue weighted by Gasteiger charge is 2.20. The monoisotopic (exact) mass is 126 g/mol. The maximum Gasteiger partial charge on any atom is 0.116 e. The van der Waals surface area contributed by atoms with Crippen LogP contribution in [-0.4, -0.2) is 17.6 Å². The Morgan fingerprint density at radius 3 is 3.00 bits per heavy atom. The number of hydrazone groups is 1. The maximum atomic E-state index is 7.14. The second-order valence-corrected chi connectivity index (χ2v) is 2.53. The van der Waals surface area contributed by atoms with Crippen molar-refractivity contribution in [3.05, 3.63) is 0 Å². The molecule has 4 heteroatoms. The van der Waals surface area contributed by atoms with Crippen LogP contribution in [0.4, 0.5) is 0 Å². The second-order valence-electron chi connectivity index (χ2n) is 2.53. The van der Waals surface area contributed by atoms with Gasteiger partial charge in [-0.1, -0.05) is 0 Å². The number of hydrogen-bond donors (Lipinski definition) is 3. The van der Waals surface area contributed by atoms with Crippen LogP contribution in [0, 0.1) is 5.41 Å². The Hall–Kier alpha value is -0.900. The summed E-state index contributed by atoms with van der Waals surface area (Å²) in [5, 5.41) is 10.8. The van der Waals surface area contributed by atoms with Crippen molar-refractivity contribution in [1.29, 1.82) is 5.41 Å². The average molecular weight is 126 g/mol. The average Bonchev–Trinajstić information content (AvgIpc) is 1.60. The molecule has 1 unspecified atom stereocenters. The molecule has 4 nitrogen and oxygen atoms in total. The first-order valence-corrected chi connectivity index (χ1v) is 2.77. The van der Waals surface area contributed by atoms with Crippen LogP contribution >= 0.6 is 0 Å². The van der Waals surface area contributed by atoms with Crippen molar-refractivity contribution >= 4 is 12.1 Å². The van der Waals surface area contributed by atoms with Gasteiger partial charge in [0.1, 0.15) is 5.84 Å². The molecule has 0 aromatic rings. The molecule has 0 saturated carbocycles. The van der Waals surface area contributed by atoms with E-state index in [-0.39, 0.29) is 0 Å². The van der Waals surface area contributed by atoms with Crippen LogP contribution in [0.3, 0.4) is 0 Å². The molecule has 0 radical (unpaired) electrons. The van der Waals surface area contributed by atoms with Gasteiger partial charge in [-0.15, -0.1) is 0 Å². The van der Waals surface area contributed by atoms with Gasteiger partial charge in [-0.05, 0) is 6.92 Å².